The van der Waals surface area contributed by atoms with E-state index >= 15 is 0 Å². The summed E-state index contributed by atoms with van der Waals surface area (Å²) in [5.74, 6) is 1.30. The Morgan fingerprint density at radius 2 is 1.91 bits per heavy atom. The summed E-state index contributed by atoms with van der Waals surface area (Å²) in [5.41, 5.74) is 2.80. The third kappa shape index (κ3) is 4.01. The maximum Gasteiger partial charge on any atom is 0.228 e. The predicted molar refractivity (Wildman–Crippen MR) is 87.7 cm³/mol. The fourth-order valence-electron chi connectivity index (χ4n) is 2.27. The Labute approximate surface area is 131 Å². The number of nitrogens with one attached hydrogen (secondary N) is 1. The number of amides is 1. The van der Waals surface area contributed by atoms with E-state index in [1.54, 1.807) is 20.3 Å². The van der Waals surface area contributed by atoms with Gasteiger partial charge in [0.25, 0.3) is 0 Å². The van der Waals surface area contributed by atoms with Crippen molar-refractivity contribution in [2.24, 2.45) is 0 Å². The molecule has 2 aromatic rings. The summed E-state index contributed by atoms with van der Waals surface area (Å²) in [4.78, 5) is 12.2. The summed E-state index contributed by atoms with van der Waals surface area (Å²) in [7, 11) is 3.19. The molecular weight excluding hydrogens is 278 g/mol. The van der Waals surface area contributed by atoms with Gasteiger partial charge in [-0.3, -0.25) is 4.79 Å². The largest absolute Gasteiger partial charge is 0.497 e. The van der Waals surface area contributed by atoms with E-state index in [9.17, 15) is 4.79 Å². The molecule has 0 spiro atoms. The van der Waals surface area contributed by atoms with Gasteiger partial charge in [-0.1, -0.05) is 19.1 Å². The van der Waals surface area contributed by atoms with E-state index in [0.717, 1.165) is 17.7 Å². The number of ether oxygens (including phenoxy) is 2. The maximum absolute atomic E-state index is 12.2. The molecule has 2 aromatic carbocycles. The number of rotatable bonds is 6. The number of anilines is 1. The van der Waals surface area contributed by atoms with Crippen LogP contribution in [-0.4, -0.2) is 20.1 Å². The summed E-state index contributed by atoms with van der Waals surface area (Å²) in [6.07, 6.45) is 1.17. The Bertz CT molecular complexity index is 653. The Hall–Kier alpha value is -2.49. The Kier molecular flexibility index (Phi) is 5.42. The second kappa shape index (κ2) is 7.50. The fraction of sp³-hybridized carbons (Fsp3) is 0.278. The molecule has 0 saturated carbocycles. The molecule has 0 heterocycles. The van der Waals surface area contributed by atoms with E-state index in [0.29, 0.717) is 11.5 Å². The van der Waals surface area contributed by atoms with E-state index in [2.05, 4.69) is 12.2 Å². The Morgan fingerprint density at radius 3 is 2.59 bits per heavy atom. The van der Waals surface area contributed by atoms with Gasteiger partial charge in [-0.05, 0) is 42.3 Å². The zero-order valence-corrected chi connectivity index (χ0v) is 13.2. The van der Waals surface area contributed by atoms with Crippen molar-refractivity contribution in [3.8, 4) is 11.5 Å². The van der Waals surface area contributed by atoms with Crippen LogP contribution in [0.3, 0.4) is 0 Å². The van der Waals surface area contributed by atoms with Crippen LogP contribution in [0.1, 0.15) is 18.1 Å². The second-order valence-electron chi connectivity index (χ2n) is 4.96. The average Bonchev–Trinajstić information content (AvgIpc) is 2.54. The summed E-state index contributed by atoms with van der Waals surface area (Å²) in [6.45, 7) is 2.09. The van der Waals surface area contributed by atoms with Gasteiger partial charge in [0, 0.05) is 11.3 Å². The molecule has 0 aliphatic carbocycles. The average molecular weight is 299 g/mol. The lowest BCUT2D eigenvalue weighted by molar-refractivity contribution is -0.115. The van der Waals surface area contributed by atoms with Gasteiger partial charge in [-0.25, -0.2) is 0 Å². The number of carbonyl (C=O) groups excluding carboxylic acids is 1. The summed E-state index contributed by atoms with van der Waals surface area (Å²) in [6, 6.07) is 13.3. The highest BCUT2D eigenvalue weighted by Crippen LogP contribution is 2.24. The fourth-order valence-corrected chi connectivity index (χ4v) is 2.27. The van der Waals surface area contributed by atoms with Crippen LogP contribution in [0.5, 0.6) is 11.5 Å². The van der Waals surface area contributed by atoms with Gasteiger partial charge in [-0.15, -0.1) is 0 Å². The van der Waals surface area contributed by atoms with Crippen molar-refractivity contribution in [2.75, 3.05) is 19.5 Å². The molecule has 116 valence electrons. The van der Waals surface area contributed by atoms with Gasteiger partial charge in [0.05, 0.1) is 20.6 Å². The SMILES string of the molecule is CCc1cccc(NC(=O)Cc2cc(OC)ccc2OC)c1. The normalized spacial score (nSPS) is 10.1. The second-order valence-corrected chi connectivity index (χ2v) is 4.96. The van der Waals surface area contributed by atoms with Crippen molar-refractivity contribution in [1.29, 1.82) is 0 Å². The summed E-state index contributed by atoms with van der Waals surface area (Å²) >= 11 is 0. The van der Waals surface area contributed by atoms with Crippen molar-refractivity contribution >= 4 is 11.6 Å². The first-order valence-corrected chi connectivity index (χ1v) is 7.26. The van der Waals surface area contributed by atoms with E-state index in [1.165, 1.54) is 5.56 Å². The smallest absolute Gasteiger partial charge is 0.228 e. The first-order chi connectivity index (χ1) is 10.7. The molecule has 0 fully saturated rings. The van der Waals surface area contributed by atoms with Crippen molar-refractivity contribution < 1.29 is 14.3 Å². The van der Waals surface area contributed by atoms with E-state index < -0.39 is 0 Å². The molecule has 0 bridgehead atoms. The van der Waals surface area contributed by atoms with Crippen LogP contribution in [-0.2, 0) is 17.6 Å². The lowest BCUT2D eigenvalue weighted by atomic mass is 10.1. The predicted octanol–water partition coefficient (Wildman–Crippen LogP) is 3.45. The van der Waals surface area contributed by atoms with Crippen molar-refractivity contribution in [3.63, 3.8) is 0 Å². The van der Waals surface area contributed by atoms with E-state index in [1.807, 2.05) is 36.4 Å². The van der Waals surface area contributed by atoms with Crippen LogP contribution in [0.2, 0.25) is 0 Å². The van der Waals surface area contributed by atoms with Crippen LogP contribution in [0.15, 0.2) is 42.5 Å². The van der Waals surface area contributed by atoms with Gasteiger partial charge in [0.1, 0.15) is 11.5 Å². The maximum atomic E-state index is 12.2. The highest BCUT2D eigenvalue weighted by molar-refractivity contribution is 5.92. The molecule has 22 heavy (non-hydrogen) atoms. The van der Waals surface area contributed by atoms with Gasteiger partial charge in [0.2, 0.25) is 5.91 Å². The van der Waals surface area contributed by atoms with Crippen molar-refractivity contribution in [3.05, 3.63) is 53.6 Å². The molecule has 4 nitrogen and oxygen atoms in total. The third-order valence-corrected chi connectivity index (χ3v) is 3.46. The van der Waals surface area contributed by atoms with Crippen molar-refractivity contribution in [2.45, 2.75) is 19.8 Å². The van der Waals surface area contributed by atoms with Crippen LogP contribution in [0.25, 0.3) is 0 Å². The summed E-state index contributed by atoms with van der Waals surface area (Å²) in [5, 5.41) is 2.92. The molecule has 0 aromatic heterocycles. The minimum Gasteiger partial charge on any atom is -0.497 e. The van der Waals surface area contributed by atoms with Crippen LogP contribution < -0.4 is 14.8 Å². The Balaban J connectivity index is 2.11. The molecule has 0 aliphatic rings. The molecule has 2 rings (SSSR count). The van der Waals surface area contributed by atoms with Crippen LogP contribution in [0, 0.1) is 0 Å². The van der Waals surface area contributed by atoms with Crippen LogP contribution >= 0.6 is 0 Å². The monoisotopic (exact) mass is 299 g/mol. The number of benzene rings is 2. The highest BCUT2D eigenvalue weighted by Gasteiger charge is 2.10. The van der Waals surface area contributed by atoms with Crippen molar-refractivity contribution in [1.82, 2.24) is 0 Å². The highest BCUT2D eigenvalue weighted by atomic mass is 16.5. The Morgan fingerprint density at radius 1 is 1.09 bits per heavy atom. The lowest BCUT2D eigenvalue weighted by Crippen LogP contribution is -2.15. The molecule has 0 aliphatic heterocycles. The first-order valence-electron chi connectivity index (χ1n) is 7.26. The first kappa shape index (κ1) is 15.9. The number of hydrogen-bond acceptors (Lipinski definition) is 3. The summed E-state index contributed by atoms with van der Waals surface area (Å²) < 4.78 is 10.5. The topological polar surface area (TPSA) is 47.6 Å². The molecule has 0 radical (unpaired) electrons. The van der Waals surface area contributed by atoms with Gasteiger partial charge < -0.3 is 14.8 Å². The number of methoxy groups -OCH3 is 2. The quantitative estimate of drug-likeness (QED) is 0.888. The molecule has 0 unspecified atom stereocenters. The zero-order chi connectivity index (χ0) is 15.9. The van der Waals surface area contributed by atoms with Gasteiger partial charge in [-0.2, -0.15) is 0 Å². The molecular formula is C18H21NO3. The minimum absolute atomic E-state index is 0.0835. The third-order valence-electron chi connectivity index (χ3n) is 3.46. The molecule has 0 saturated heterocycles. The molecule has 4 heteroatoms. The molecule has 1 N–H and O–H groups in total. The number of aryl methyl sites for hydroxylation is 1. The number of carbonyl (C=O) groups is 1. The lowest BCUT2D eigenvalue weighted by Gasteiger charge is -2.11. The molecule has 1 amide bonds. The van der Waals surface area contributed by atoms with E-state index in [-0.39, 0.29) is 12.3 Å². The van der Waals surface area contributed by atoms with E-state index in [4.69, 9.17) is 9.47 Å². The minimum atomic E-state index is -0.0835. The van der Waals surface area contributed by atoms with Crippen LogP contribution in [0.4, 0.5) is 5.69 Å². The standard InChI is InChI=1S/C18H21NO3/c1-4-13-6-5-7-15(10-13)19-18(20)12-14-11-16(21-2)8-9-17(14)22-3/h5-11H,4,12H2,1-3H3,(H,19,20). The molecule has 0 atom stereocenters. The zero-order valence-electron chi connectivity index (χ0n) is 13.2. The van der Waals surface area contributed by atoms with Gasteiger partial charge in [0.15, 0.2) is 0 Å². The number of hydrogen-bond donors (Lipinski definition) is 1. The van der Waals surface area contributed by atoms with Gasteiger partial charge >= 0.3 is 0 Å².